The van der Waals surface area contributed by atoms with Crippen molar-refractivity contribution in [3.63, 3.8) is 0 Å². The van der Waals surface area contributed by atoms with Crippen molar-refractivity contribution in [1.29, 1.82) is 0 Å². The molecule has 11 heteroatoms. The van der Waals surface area contributed by atoms with Crippen LogP contribution in [0.25, 0.3) is 0 Å². The molecule has 0 fully saturated rings. The number of methoxy groups -OCH3 is 2. The van der Waals surface area contributed by atoms with Crippen molar-refractivity contribution < 1.29 is 32.3 Å². The molecule has 1 atom stereocenters. The Morgan fingerprint density at radius 3 is 2.12 bits per heavy atom. The Labute approximate surface area is 191 Å². The summed E-state index contributed by atoms with van der Waals surface area (Å²) in [7, 11) is -1.51. The maximum atomic E-state index is 13.2. The summed E-state index contributed by atoms with van der Waals surface area (Å²) >= 11 is 5.90. The SMILES string of the molecule is CC[C@H](C(=O)Nc1cc(C(=O)OC)ccc1C(=O)OC)N(c1ccc(Cl)cc1)S(C)(=O)=O. The van der Waals surface area contributed by atoms with Crippen molar-refractivity contribution >= 4 is 50.8 Å². The summed E-state index contributed by atoms with van der Waals surface area (Å²) in [4.78, 5) is 37.2. The van der Waals surface area contributed by atoms with Gasteiger partial charge in [-0.15, -0.1) is 0 Å². The van der Waals surface area contributed by atoms with E-state index in [1.165, 1.54) is 56.7 Å². The molecule has 0 heterocycles. The van der Waals surface area contributed by atoms with E-state index < -0.39 is 33.9 Å². The number of ether oxygens (including phenoxy) is 2. The molecule has 0 aliphatic rings. The van der Waals surface area contributed by atoms with Crippen molar-refractivity contribution in [3.05, 3.63) is 58.6 Å². The third-order valence-corrected chi connectivity index (χ3v) is 5.95. The summed E-state index contributed by atoms with van der Waals surface area (Å²) in [6.07, 6.45) is 1.10. The number of hydrogen-bond donors (Lipinski definition) is 1. The summed E-state index contributed by atoms with van der Waals surface area (Å²) in [5, 5.41) is 2.95. The highest BCUT2D eigenvalue weighted by Gasteiger charge is 2.32. The lowest BCUT2D eigenvalue weighted by molar-refractivity contribution is -0.117. The molecule has 0 radical (unpaired) electrons. The number of benzene rings is 2. The Balaban J connectivity index is 2.50. The Kier molecular flexibility index (Phi) is 8.23. The molecule has 0 unspecified atom stereocenters. The second kappa shape index (κ2) is 10.5. The third kappa shape index (κ3) is 5.77. The fourth-order valence-corrected chi connectivity index (χ4v) is 4.38. The van der Waals surface area contributed by atoms with E-state index in [0.717, 1.165) is 10.6 Å². The smallest absolute Gasteiger partial charge is 0.339 e. The number of amides is 1. The van der Waals surface area contributed by atoms with Gasteiger partial charge in [0.2, 0.25) is 15.9 Å². The molecule has 172 valence electrons. The molecule has 32 heavy (non-hydrogen) atoms. The van der Waals surface area contributed by atoms with Crippen molar-refractivity contribution in [2.75, 3.05) is 30.1 Å². The van der Waals surface area contributed by atoms with Gasteiger partial charge in [-0.1, -0.05) is 18.5 Å². The molecular formula is C21H23ClN2O7S. The molecule has 2 aromatic carbocycles. The number of hydrogen-bond acceptors (Lipinski definition) is 7. The number of rotatable bonds is 8. The van der Waals surface area contributed by atoms with E-state index in [9.17, 15) is 22.8 Å². The van der Waals surface area contributed by atoms with Gasteiger partial charge in [-0.05, 0) is 48.9 Å². The first-order chi connectivity index (χ1) is 15.0. The van der Waals surface area contributed by atoms with Gasteiger partial charge < -0.3 is 14.8 Å². The first kappa shape index (κ1) is 25.2. The van der Waals surface area contributed by atoms with Gasteiger partial charge in [0.1, 0.15) is 6.04 Å². The first-order valence-corrected chi connectivity index (χ1v) is 11.6. The Morgan fingerprint density at radius 1 is 1.03 bits per heavy atom. The quantitative estimate of drug-likeness (QED) is 0.574. The van der Waals surface area contributed by atoms with Gasteiger partial charge >= 0.3 is 11.9 Å². The van der Waals surface area contributed by atoms with Crippen LogP contribution in [0, 0.1) is 0 Å². The lowest BCUT2D eigenvalue weighted by Crippen LogP contribution is -2.47. The second-order valence-corrected chi connectivity index (χ2v) is 8.99. The fourth-order valence-electron chi connectivity index (χ4n) is 3.04. The minimum Gasteiger partial charge on any atom is -0.465 e. The molecule has 0 saturated carbocycles. The van der Waals surface area contributed by atoms with Crippen LogP contribution in [0.2, 0.25) is 5.02 Å². The molecule has 0 bridgehead atoms. The summed E-state index contributed by atoms with van der Waals surface area (Å²) in [5.74, 6) is -2.13. The van der Waals surface area contributed by atoms with E-state index in [0.29, 0.717) is 5.02 Å². The Hall–Kier alpha value is -3.11. The largest absolute Gasteiger partial charge is 0.465 e. The van der Waals surface area contributed by atoms with Gasteiger partial charge in [-0.25, -0.2) is 18.0 Å². The number of sulfonamides is 1. The molecule has 0 saturated heterocycles. The molecule has 9 nitrogen and oxygen atoms in total. The number of nitrogens with one attached hydrogen (secondary N) is 1. The second-order valence-electron chi connectivity index (χ2n) is 6.69. The van der Waals surface area contributed by atoms with Gasteiger partial charge in [-0.2, -0.15) is 0 Å². The molecule has 0 spiro atoms. The number of esters is 2. The highest BCUT2D eigenvalue weighted by Crippen LogP contribution is 2.26. The molecule has 1 amide bonds. The monoisotopic (exact) mass is 482 g/mol. The van der Waals surface area contributed by atoms with Crippen LogP contribution in [0.15, 0.2) is 42.5 Å². The standard InChI is InChI=1S/C21H23ClN2O7S/c1-5-18(24(32(4,28)29)15-9-7-14(22)8-10-15)19(25)23-17-12-13(20(26)30-2)6-11-16(17)21(27)31-3/h6-12,18H,5H2,1-4H3,(H,23,25)/t18-/m1/s1. The number of carbonyl (C=O) groups is 3. The highest BCUT2D eigenvalue weighted by atomic mass is 35.5. The van der Waals surface area contributed by atoms with Crippen molar-refractivity contribution in [1.82, 2.24) is 0 Å². The van der Waals surface area contributed by atoms with Crippen LogP contribution in [0.3, 0.4) is 0 Å². The zero-order chi connectivity index (χ0) is 24.1. The molecule has 2 rings (SSSR count). The lowest BCUT2D eigenvalue weighted by Gasteiger charge is -2.30. The van der Waals surface area contributed by atoms with Gasteiger partial charge in [0.25, 0.3) is 0 Å². The maximum absolute atomic E-state index is 13.2. The normalized spacial score (nSPS) is 11.9. The molecule has 1 N–H and O–H groups in total. The van der Waals surface area contributed by atoms with Crippen LogP contribution >= 0.6 is 11.6 Å². The highest BCUT2D eigenvalue weighted by molar-refractivity contribution is 7.92. The van der Waals surface area contributed by atoms with E-state index >= 15 is 0 Å². The van der Waals surface area contributed by atoms with Gasteiger partial charge in [0.05, 0.1) is 43.0 Å². The summed E-state index contributed by atoms with van der Waals surface area (Å²) in [5.41, 5.74) is 0.296. The van der Waals surface area contributed by atoms with Crippen LogP contribution in [0.5, 0.6) is 0 Å². The van der Waals surface area contributed by atoms with E-state index in [-0.39, 0.29) is 28.9 Å². The predicted octanol–water partition coefficient (Wildman–Crippen LogP) is 3.10. The fraction of sp³-hybridized carbons (Fsp3) is 0.286. The number of halogens is 1. The summed E-state index contributed by atoms with van der Waals surface area (Å²) in [6.45, 7) is 1.64. The van der Waals surface area contributed by atoms with Crippen molar-refractivity contribution in [2.45, 2.75) is 19.4 Å². The minimum atomic E-state index is -3.87. The van der Waals surface area contributed by atoms with Gasteiger partial charge in [-0.3, -0.25) is 9.10 Å². The summed E-state index contributed by atoms with van der Waals surface area (Å²) in [6, 6.07) is 8.75. The van der Waals surface area contributed by atoms with Crippen LogP contribution < -0.4 is 9.62 Å². The van der Waals surface area contributed by atoms with E-state index in [1.54, 1.807) is 6.92 Å². The third-order valence-electron chi connectivity index (χ3n) is 4.51. The summed E-state index contributed by atoms with van der Waals surface area (Å²) < 4.78 is 35.5. The zero-order valence-corrected chi connectivity index (χ0v) is 19.5. The van der Waals surface area contributed by atoms with Crippen molar-refractivity contribution in [2.24, 2.45) is 0 Å². The first-order valence-electron chi connectivity index (χ1n) is 9.40. The number of carbonyl (C=O) groups excluding carboxylic acids is 3. The molecule has 0 aliphatic heterocycles. The molecule has 2 aromatic rings. The number of anilines is 2. The van der Waals surface area contributed by atoms with Gasteiger partial charge in [0, 0.05) is 5.02 Å². The predicted molar refractivity (Wildman–Crippen MR) is 121 cm³/mol. The number of nitrogens with zero attached hydrogens (tertiary/aromatic N) is 1. The average Bonchev–Trinajstić information content (AvgIpc) is 2.76. The Morgan fingerprint density at radius 2 is 1.62 bits per heavy atom. The van der Waals surface area contributed by atoms with Gasteiger partial charge in [0.15, 0.2) is 0 Å². The van der Waals surface area contributed by atoms with Crippen LogP contribution in [0.4, 0.5) is 11.4 Å². The van der Waals surface area contributed by atoms with Crippen molar-refractivity contribution in [3.8, 4) is 0 Å². The molecular weight excluding hydrogens is 460 g/mol. The maximum Gasteiger partial charge on any atom is 0.339 e. The van der Waals surface area contributed by atoms with E-state index in [2.05, 4.69) is 10.1 Å². The van der Waals surface area contributed by atoms with Crippen LogP contribution in [-0.2, 0) is 24.3 Å². The van der Waals surface area contributed by atoms with E-state index in [1.807, 2.05) is 0 Å². The van der Waals surface area contributed by atoms with Crippen LogP contribution in [-0.4, -0.2) is 52.8 Å². The average molecular weight is 483 g/mol. The lowest BCUT2D eigenvalue weighted by atomic mass is 10.1. The minimum absolute atomic E-state index is 0.0132. The molecule has 0 aliphatic carbocycles. The molecule has 0 aromatic heterocycles. The van der Waals surface area contributed by atoms with Crippen LogP contribution in [0.1, 0.15) is 34.1 Å². The Bertz CT molecular complexity index is 1120. The zero-order valence-electron chi connectivity index (χ0n) is 17.9. The topological polar surface area (TPSA) is 119 Å². The van der Waals surface area contributed by atoms with E-state index in [4.69, 9.17) is 16.3 Å².